The lowest BCUT2D eigenvalue weighted by atomic mass is 9.89. The number of aldehydes is 1. The summed E-state index contributed by atoms with van der Waals surface area (Å²) in [6.07, 6.45) is 4.53. The van der Waals surface area contributed by atoms with E-state index in [4.69, 9.17) is 28.4 Å². The summed E-state index contributed by atoms with van der Waals surface area (Å²) in [5.74, 6) is 2.24. The summed E-state index contributed by atoms with van der Waals surface area (Å²) >= 11 is 0. The van der Waals surface area contributed by atoms with E-state index in [1.165, 1.54) is 0 Å². The minimum absolute atomic E-state index is 0.0329. The van der Waals surface area contributed by atoms with Gasteiger partial charge in [-0.25, -0.2) is 9.97 Å². The molecule has 2 aromatic heterocycles. The number of rotatable bonds is 11. The first-order valence-electron chi connectivity index (χ1n) is 15.5. The van der Waals surface area contributed by atoms with Crippen molar-refractivity contribution >= 4 is 20.4 Å². The average Bonchev–Trinajstić information content (AvgIpc) is 3.27. The molecule has 1 unspecified atom stereocenters. The van der Waals surface area contributed by atoms with Crippen molar-refractivity contribution in [1.82, 2.24) is 15.1 Å². The van der Waals surface area contributed by atoms with Crippen molar-refractivity contribution in [2.24, 2.45) is 5.41 Å². The molecule has 1 fully saturated rings. The molecule has 4 rings (SSSR count). The third-order valence-corrected chi connectivity index (χ3v) is 12.8. The maximum absolute atomic E-state index is 12.5. The molecule has 1 aromatic carbocycles. The van der Waals surface area contributed by atoms with Crippen LogP contribution in [0, 0.1) is 25.7 Å². The molecule has 0 amide bonds. The normalized spacial score (nSPS) is 15.7. The highest BCUT2D eigenvalue weighted by Gasteiger charge is 2.40. The van der Waals surface area contributed by atoms with Gasteiger partial charge in [0.2, 0.25) is 0 Å². The first kappa shape index (κ1) is 33.8. The van der Waals surface area contributed by atoms with Crippen molar-refractivity contribution in [2.75, 3.05) is 25.1 Å². The number of benzene rings is 1. The van der Waals surface area contributed by atoms with Gasteiger partial charge in [-0.15, -0.1) is 0 Å². The van der Waals surface area contributed by atoms with Crippen LogP contribution in [0.25, 0.3) is 22.6 Å². The Kier molecular flexibility index (Phi) is 10.4. The van der Waals surface area contributed by atoms with Crippen LogP contribution in [0.2, 0.25) is 18.1 Å². The Morgan fingerprint density at radius 2 is 1.80 bits per heavy atom. The summed E-state index contributed by atoms with van der Waals surface area (Å²) < 4.78 is 24.1. The molecular formula is C34H49N4O5Si. The standard InChI is InChI=1S/C34H49N4O5Si/c1-22-29(23(2)42-38-22)30-28(20-39)32(35-25-14-16-40-17-15-25)37-31(36-30)24-12-11-13-26(18-24)41-21-27(19-33(3,4)5)43-44(9,10)34(6,7)8/h11-13,18-20,25,27H,14-17,21H2,1-10H3,(H,35,36,37). The quantitative estimate of drug-likeness (QED) is 0.169. The third-order valence-electron chi connectivity index (χ3n) is 8.34. The van der Waals surface area contributed by atoms with Crippen molar-refractivity contribution in [3.63, 3.8) is 0 Å². The van der Waals surface area contributed by atoms with E-state index < -0.39 is 8.32 Å². The van der Waals surface area contributed by atoms with Gasteiger partial charge < -0.3 is 23.7 Å². The van der Waals surface area contributed by atoms with E-state index >= 15 is 0 Å². The van der Waals surface area contributed by atoms with Crippen molar-refractivity contribution in [3.8, 4) is 28.4 Å². The highest BCUT2D eigenvalue weighted by molar-refractivity contribution is 6.74. The Bertz CT molecular complexity index is 1410. The van der Waals surface area contributed by atoms with Crippen molar-refractivity contribution < 1.29 is 23.2 Å². The molecule has 0 saturated carbocycles. The van der Waals surface area contributed by atoms with Crippen LogP contribution in [0.4, 0.5) is 5.82 Å². The fourth-order valence-corrected chi connectivity index (χ4v) is 6.25. The van der Waals surface area contributed by atoms with Crippen LogP contribution in [0.5, 0.6) is 5.75 Å². The van der Waals surface area contributed by atoms with Gasteiger partial charge >= 0.3 is 0 Å². The molecule has 9 nitrogen and oxygen atoms in total. The van der Waals surface area contributed by atoms with Gasteiger partial charge in [0.1, 0.15) is 23.9 Å². The van der Waals surface area contributed by atoms with E-state index in [-0.39, 0.29) is 22.6 Å². The number of hydrogen-bond donors (Lipinski definition) is 1. The van der Waals surface area contributed by atoms with Gasteiger partial charge in [-0.1, -0.05) is 58.8 Å². The first-order chi connectivity index (χ1) is 20.6. The van der Waals surface area contributed by atoms with Crippen LogP contribution >= 0.6 is 0 Å². The van der Waals surface area contributed by atoms with Crippen LogP contribution in [0.3, 0.4) is 0 Å². The van der Waals surface area contributed by atoms with Crippen molar-refractivity contribution in [2.45, 2.75) is 98.5 Å². The second kappa shape index (κ2) is 13.5. The summed E-state index contributed by atoms with van der Waals surface area (Å²) in [5.41, 5.74) is 2.96. The first-order valence-corrected chi connectivity index (χ1v) is 18.4. The summed E-state index contributed by atoms with van der Waals surface area (Å²) in [5, 5.41) is 7.70. The van der Waals surface area contributed by atoms with E-state index in [1.54, 1.807) is 0 Å². The lowest BCUT2D eigenvalue weighted by molar-refractivity contribution is 0.0903. The van der Waals surface area contributed by atoms with Gasteiger partial charge in [-0.05, 0) is 68.8 Å². The molecular weight excluding hydrogens is 572 g/mol. The number of nitrogens with zero attached hydrogens (tertiary/aromatic N) is 3. The SMILES string of the molecule is Cc1noc(C)c1-c1nc(-c2cccc(OCC([CH]C(C)(C)C)O[Si](C)(C)C(C)(C)C)c2)nc(NC2CCOCC2)c1C=O. The maximum atomic E-state index is 12.5. The molecule has 0 aliphatic carbocycles. The predicted molar refractivity (Wildman–Crippen MR) is 177 cm³/mol. The van der Waals surface area contributed by atoms with Gasteiger partial charge in [-0.3, -0.25) is 4.79 Å². The summed E-state index contributed by atoms with van der Waals surface area (Å²) in [6.45, 7) is 23.2. The largest absolute Gasteiger partial charge is 0.491 e. The lowest BCUT2D eigenvalue weighted by Crippen LogP contribution is -2.46. The minimum Gasteiger partial charge on any atom is -0.491 e. The Hall–Kier alpha value is -3.08. The molecule has 10 heteroatoms. The van der Waals surface area contributed by atoms with Gasteiger partial charge in [0.05, 0.1) is 28.6 Å². The Morgan fingerprint density at radius 1 is 1.09 bits per heavy atom. The zero-order valence-corrected chi connectivity index (χ0v) is 29.0. The zero-order chi connectivity index (χ0) is 32.3. The Balaban J connectivity index is 1.68. The monoisotopic (exact) mass is 621 g/mol. The van der Waals surface area contributed by atoms with Crippen LogP contribution in [0.1, 0.15) is 76.2 Å². The third kappa shape index (κ3) is 8.34. The predicted octanol–water partition coefficient (Wildman–Crippen LogP) is 7.84. The number of ether oxygens (including phenoxy) is 2. The van der Waals surface area contributed by atoms with Crippen LogP contribution < -0.4 is 10.1 Å². The second-order valence-electron chi connectivity index (χ2n) is 14.3. The Labute approximate surface area is 263 Å². The van der Waals surface area contributed by atoms with E-state index in [0.29, 0.717) is 65.5 Å². The number of carbonyl (C=O) groups is 1. The molecule has 0 bridgehead atoms. The molecule has 0 spiro atoms. The highest BCUT2D eigenvalue weighted by Crippen LogP contribution is 2.39. The molecule has 1 saturated heterocycles. The number of nitrogens with one attached hydrogen (secondary N) is 1. The molecule has 1 aliphatic heterocycles. The number of aryl methyl sites for hydroxylation is 2. The van der Waals surface area contributed by atoms with Gasteiger partial charge in [0.25, 0.3) is 0 Å². The topological polar surface area (TPSA) is 109 Å². The van der Waals surface area contributed by atoms with Crippen molar-refractivity contribution in [1.29, 1.82) is 0 Å². The molecule has 1 N–H and O–H groups in total. The Morgan fingerprint density at radius 3 is 2.39 bits per heavy atom. The lowest BCUT2D eigenvalue weighted by Gasteiger charge is -2.40. The molecule has 239 valence electrons. The van der Waals surface area contributed by atoms with Gasteiger partial charge in [-0.2, -0.15) is 0 Å². The maximum Gasteiger partial charge on any atom is 0.192 e. The van der Waals surface area contributed by atoms with Crippen LogP contribution in [-0.2, 0) is 9.16 Å². The number of aromatic nitrogens is 3. The second-order valence-corrected chi connectivity index (χ2v) is 19.1. The minimum atomic E-state index is -2.03. The molecule has 3 aromatic rings. The fourth-order valence-electron chi connectivity index (χ4n) is 5.00. The molecule has 1 radical (unpaired) electrons. The van der Waals surface area contributed by atoms with Crippen LogP contribution in [-0.4, -0.2) is 61.7 Å². The van der Waals surface area contributed by atoms with Crippen LogP contribution in [0.15, 0.2) is 28.8 Å². The van der Waals surface area contributed by atoms with E-state index in [1.807, 2.05) is 38.1 Å². The molecule has 3 heterocycles. The van der Waals surface area contributed by atoms with Crippen molar-refractivity contribution in [3.05, 3.63) is 47.7 Å². The smallest absolute Gasteiger partial charge is 0.192 e. The highest BCUT2D eigenvalue weighted by atomic mass is 28.4. The summed E-state index contributed by atoms with van der Waals surface area (Å²) in [4.78, 5) is 22.3. The van der Waals surface area contributed by atoms with E-state index in [2.05, 4.69) is 71.5 Å². The molecule has 44 heavy (non-hydrogen) atoms. The summed E-state index contributed by atoms with van der Waals surface area (Å²) in [6, 6.07) is 7.88. The fraction of sp³-hybridized carbons (Fsp3) is 0.559. The van der Waals surface area contributed by atoms with Gasteiger partial charge in [0.15, 0.2) is 20.4 Å². The number of hydrogen-bond acceptors (Lipinski definition) is 9. The number of carbonyl (C=O) groups excluding carboxylic acids is 1. The molecule has 1 atom stereocenters. The molecule has 1 aliphatic rings. The summed E-state index contributed by atoms with van der Waals surface area (Å²) in [7, 11) is -2.03. The number of anilines is 1. The average molecular weight is 622 g/mol. The van der Waals surface area contributed by atoms with Gasteiger partial charge in [0, 0.05) is 24.8 Å². The van der Waals surface area contributed by atoms with E-state index in [9.17, 15) is 4.79 Å². The van der Waals surface area contributed by atoms with E-state index in [0.717, 1.165) is 24.7 Å². The zero-order valence-electron chi connectivity index (χ0n) is 28.0.